The summed E-state index contributed by atoms with van der Waals surface area (Å²) in [5.74, 6) is -1.15. The fourth-order valence-corrected chi connectivity index (χ4v) is 3.26. The van der Waals surface area contributed by atoms with Crippen LogP contribution in [0.15, 0.2) is 48.5 Å². The Morgan fingerprint density at radius 1 is 1.13 bits per heavy atom. The maximum absolute atomic E-state index is 13.0. The number of halogens is 1. The van der Waals surface area contributed by atoms with Crippen molar-refractivity contribution in [3.63, 3.8) is 0 Å². The van der Waals surface area contributed by atoms with Crippen molar-refractivity contribution in [1.82, 2.24) is 4.98 Å². The van der Waals surface area contributed by atoms with Crippen LogP contribution in [0.3, 0.4) is 0 Å². The Morgan fingerprint density at radius 2 is 1.87 bits per heavy atom. The molecule has 0 aliphatic rings. The first-order valence-corrected chi connectivity index (χ1v) is 7.97. The molecule has 0 bridgehead atoms. The van der Waals surface area contributed by atoms with E-state index in [1.54, 1.807) is 12.1 Å². The molecule has 5 heteroatoms. The van der Waals surface area contributed by atoms with Crippen LogP contribution < -0.4 is 0 Å². The molecule has 0 spiro atoms. The van der Waals surface area contributed by atoms with E-state index >= 15 is 0 Å². The minimum absolute atomic E-state index is 0.0307. The lowest BCUT2D eigenvalue weighted by molar-refractivity contribution is -0.136. The third-order valence-corrected chi connectivity index (χ3v) is 4.50. The van der Waals surface area contributed by atoms with Crippen molar-refractivity contribution in [1.29, 1.82) is 0 Å². The van der Waals surface area contributed by atoms with E-state index in [4.69, 9.17) is 5.11 Å². The maximum Gasteiger partial charge on any atom is 0.303 e. The van der Waals surface area contributed by atoms with Gasteiger partial charge in [0, 0.05) is 6.42 Å². The summed E-state index contributed by atoms with van der Waals surface area (Å²) in [4.78, 5) is 15.5. The lowest BCUT2D eigenvalue weighted by Gasteiger charge is -2.03. The molecule has 116 valence electrons. The van der Waals surface area contributed by atoms with E-state index in [2.05, 4.69) is 4.98 Å². The lowest BCUT2D eigenvalue weighted by atomic mass is 10.1. The van der Waals surface area contributed by atoms with Crippen molar-refractivity contribution in [3.05, 3.63) is 64.9 Å². The van der Waals surface area contributed by atoms with Crippen LogP contribution in [0.4, 0.5) is 4.39 Å². The minimum Gasteiger partial charge on any atom is -0.481 e. The van der Waals surface area contributed by atoms with Crippen LogP contribution in [0.2, 0.25) is 0 Å². The molecule has 0 unspecified atom stereocenters. The van der Waals surface area contributed by atoms with Crippen LogP contribution in [-0.4, -0.2) is 16.1 Å². The van der Waals surface area contributed by atoms with E-state index in [0.717, 1.165) is 26.4 Å². The number of nitrogens with zero attached hydrogens (tertiary/aromatic N) is 1. The van der Waals surface area contributed by atoms with Crippen molar-refractivity contribution in [2.24, 2.45) is 0 Å². The van der Waals surface area contributed by atoms with Crippen molar-refractivity contribution in [2.75, 3.05) is 0 Å². The summed E-state index contributed by atoms with van der Waals surface area (Å²) in [6.07, 6.45) is 2.29. The fourth-order valence-electron chi connectivity index (χ4n) is 2.25. The monoisotopic (exact) mass is 327 g/mol. The molecule has 0 aliphatic heterocycles. The standard InChI is InChI=1S/C18H14FNO2S/c19-14-8-5-12(6-9-14)11-13(7-10-17(21)22)18-20-15-3-1-2-4-16(15)23-18/h1-6,8-9,11H,7,10H2,(H,21,22). The molecule has 0 atom stereocenters. The van der Waals surface area contributed by atoms with Crippen LogP contribution in [0.5, 0.6) is 0 Å². The molecule has 1 heterocycles. The Morgan fingerprint density at radius 3 is 2.57 bits per heavy atom. The smallest absolute Gasteiger partial charge is 0.303 e. The first-order chi connectivity index (χ1) is 11.1. The topological polar surface area (TPSA) is 50.2 Å². The largest absolute Gasteiger partial charge is 0.481 e. The Bertz CT molecular complexity index is 835. The number of aromatic nitrogens is 1. The minimum atomic E-state index is -0.851. The Labute approximate surface area is 136 Å². The highest BCUT2D eigenvalue weighted by atomic mass is 32.1. The second-order valence-corrected chi connectivity index (χ2v) is 6.13. The van der Waals surface area contributed by atoms with E-state index in [9.17, 15) is 9.18 Å². The van der Waals surface area contributed by atoms with Gasteiger partial charge < -0.3 is 5.11 Å². The number of carboxylic acids is 1. The van der Waals surface area contributed by atoms with Crippen LogP contribution in [-0.2, 0) is 4.79 Å². The maximum atomic E-state index is 13.0. The predicted molar refractivity (Wildman–Crippen MR) is 90.8 cm³/mol. The second kappa shape index (κ2) is 6.71. The molecule has 3 aromatic rings. The molecular formula is C18H14FNO2S. The van der Waals surface area contributed by atoms with Gasteiger partial charge in [-0.15, -0.1) is 11.3 Å². The zero-order valence-corrected chi connectivity index (χ0v) is 13.0. The highest BCUT2D eigenvalue weighted by Gasteiger charge is 2.11. The number of allylic oxidation sites excluding steroid dienone is 1. The number of fused-ring (bicyclic) bond motifs is 1. The lowest BCUT2D eigenvalue weighted by Crippen LogP contribution is -1.95. The summed E-state index contributed by atoms with van der Waals surface area (Å²) >= 11 is 1.53. The van der Waals surface area contributed by atoms with Gasteiger partial charge >= 0.3 is 5.97 Å². The molecule has 0 aliphatic carbocycles. The number of hydrogen-bond donors (Lipinski definition) is 1. The summed E-state index contributed by atoms with van der Waals surface area (Å²) in [6.45, 7) is 0. The first kappa shape index (κ1) is 15.4. The summed E-state index contributed by atoms with van der Waals surface area (Å²) in [5, 5.41) is 9.76. The van der Waals surface area contributed by atoms with Gasteiger partial charge in [-0.3, -0.25) is 4.79 Å². The summed E-state index contributed by atoms with van der Waals surface area (Å²) in [7, 11) is 0. The van der Waals surface area contributed by atoms with Crippen LogP contribution in [0.1, 0.15) is 23.4 Å². The summed E-state index contributed by atoms with van der Waals surface area (Å²) in [6, 6.07) is 13.9. The summed E-state index contributed by atoms with van der Waals surface area (Å²) < 4.78 is 14.1. The van der Waals surface area contributed by atoms with Crippen LogP contribution >= 0.6 is 11.3 Å². The number of rotatable bonds is 5. The van der Waals surface area contributed by atoms with Gasteiger partial charge in [-0.2, -0.15) is 0 Å². The van der Waals surface area contributed by atoms with Gasteiger partial charge in [0.2, 0.25) is 0 Å². The SMILES string of the molecule is O=C(O)CCC(=Cc1ccc(F)cc1)c1nc2ccccc2s1. The Kier molecular flexibility index (Phi) is 4.48. The average Bonchev–Trinajstić information content (AvgIpc) is 2.97. The fraction of sp³-hybridized carbons (Fsp3) is 0.111. The van der Waals surface area contributed by atoms with Gasteiger partial charge in [0.1, 0.15) is 10.8 Å². The molecule has 3 nitrogen and oxygen atoms in total. The normalized spacial score (nSPS) is 11.8. The van der Waals surface area contributed by atoms with Gasteiger partial charge in [-0.05, 0) is 47.9 Å². The quantitative estimate of drug-likeness (QED) is 0.729. The number of aliphatic carboxylic acids is 1. The predicted octanol–water partition coefficient (Wildman–Crippen LogP) is 4.84. The second-order valence-electron chi connectivity index (χ2n) is 5.10. The molecule has 0 saturated heterocycles. The molecule has 0 saturated carbocycles. The zero-order valence-electron chi connectivity index (χ0n) is 12.2. The highest BCUT2D eigenvalue weighted by Crippen LogP contribution is 2.30. The van der Waals surface area contributed by atoms with Gasteiger partial charge in [0.15, 0.2) is 0 Å². The Balaban J connectivity index is 2.00. The Hall–Kier alpha value is -2.53. The molecule has 0 fully saturated rings. The molecule has 1 N–H and O–H groups in total. The number of hydrogen-bond acceptors (Lipinski definition) is 3. The number of thiazole rings is 1. The van der Waals surface area contributed by atoms with Crippen molar-refractivity contribution in [3.8, 4) is 0 Å². The van der Waals surface area contributed by atoms with E-state index < -0.39 is 5.97 Å². The third-order valence-electron chi connectivity index (χ3n) is 3.39. The third kappa shape index (κ3) is 3.81. The zero-order chi connectivity index (χ0) is 16.2. The van der Waals surface area contributed by atoms with Crippen LogP contribution in [0, 0.1) is 5.82 Å². The summed E-state index contributed by atoms with van der Waals surface area (Å²) in [5.41, 5.74) is 2.57. The highest BCUT2D eigenvalue weighted by molar-refractivity contribution is 7.19. The van der Waals surface area contributed by atoms with Gasteiger partial charge in [-0.25, -0.2) is 9.37 Å². The van der Waals surface area contributed by atoms with E-state index in [1.165, 1.54) is 23.5 Å². The van der Waals surface area contributed by atoms with Gasteiger partial charge in [0.05, 0.1) is 10.2 Å². The molecule has 2 aromatic carbocycles. The molecule has 23 heavy (non-hydrogen) atoms. The average molecular weight is 327 g/mol. The number of carbonyl (C=O) groups is 1. The van der Waals surface area contributed by atoms with Crippen molar-refractivity contribution < 1.29 is 14.3 Å². The van der Waals surface area contributed by atoms with E-state index in [1.807, 2.05) is 30.3 Å². The molecular weight excluding hydrogens is 313 g/mol. The van der Waals surface area contributed by atoms with Gasteiger partial charge in [0.25, 0.3) is 0 Å². The number of benzene rings is 2. The van der Waals surface area contributed by atoms with E-state index in [-0.39, 0.29) is 12.2 Å². The number of para-hydroxylation sites is 1. The molecule has 0 radical (unpaired) electrons. The first-order valence-electron chi connectivity index (χ1n) is 7.16. The van der Waals surface area contributed by atoms with Gasteiger partial charge in [-0.1, -0.05) is 24.3 Å². The van der Waals surface area contributed by atoms with Crippen molar-refractivity contribution >= 4 is 39.2 Å². The molecule has 0 amide bonds. The van der Waals surface area contributed by atoms with E-state index in [0.29, 0.717) is 6.42 Å². The number of carboxylic acid groups (broad SMARTS) is 1. The molecule has 3 rings (SSSR count). The van der Waals surface area contributed by atoms with Crippen LogP contribution in [0.25, 0.3) is 21.9 Å². The molecule has 1 aromatic heterocycles. The van der Waals surface area contributed by atoms with Crippen molar-refractivity contribution in [2.45, 2.75) is 12.8 Å².